The summed E-state index contributed by atoms with van der Waals surface area (Å²) in [5.41, 5.74) is 10.8. The fourth-order valence-electron chi connectivity index (χ4n) is 3.90. The number of nitrogens with one attached hydrogen (secondary N) is 1. The Hall–Kier alpha value is -2.83. The van der Waals surface area contributed by atoms with Crippen molar-refractivity contribution >= 4 is 23.3 Å². The van der Waals surface area contributed by atoms with Crippen molar-refractivity contribution in [2.45, 2.75) is 32.6 Å². The SMILES string of the molecule is CC(=O)N1CCC(NCC2CC2)=C(C(N)=Nc2ccc3c(c2)C(=O)N(C)CC3)C1. The zero-order valence-corrected chi connectivity index (χ0v) is 17.2. The molecule has 7 nitrogen and oxygen atoms in total. The predicted molar refractivity (Wildman–Crippen MR) is 113 cm³/mol. The number of nitrogens with zero attached hydrogens (tertiary/aromatic N) is 3. The van der Waals surface area contributed by atoms with Crippen molar-refractivity contribution in [1.82, 2.24) is 15.1 Å². The van der Waals surface area contributed by atoms with Gasteiger partial charge in [-0.3, -0.25) is 9.59 Å². The highest BCUT2D eigenvalue weighted by Crippen LogP contribution is 2.29. The van der Waals surface area contributed by atoms with Gasteiger partial charge in [-0.1, -0.05) is 6.07 Å². The molecule has 1 aromatic rings. The van der Waals surface area contributed by atoms with E-state index in [9.17, 15) is 9.59 Å². The zero-order valence-electron chi connectivity index (χ0n) is 17.2. The second-order valence-corrected chi connectivity index (χ2v) is 8.29. The van der Waals surface area contributed by atoms with Gasteiger partial charge < -0.3 is 20.9 Å². The monoisotopic (exact) mass is 395 g/mol. The quantitative estimate of drug-likeness (QED) is 0.588. The Morgan fingerprint density at radius 3 is 2.79 bits per heavy atom. The summed E-state index contributed by atoms with van der Waals surface area (Å²) in [6.45, 7) is 4.43. The molecule has 3 aliphatic rings. The first kappa shape index (κ1) is 19.5. The minimum Gasteiger partial charge on any atom is -0.388 e. The van der Waals surface area contributed by atoms with Crippen LogP contribution in [-0.2, 0) is 11.2 Å². The summed E-state index contributed by atoms with van der Waals surface area (Å²) in [6.07, 6.45) is 4.16. The summed E-state index contributed by atoms with van der Waals surface area (Å²) in [4.78, 5) is 32.5. The van der Waals surface area contributed by atoms with Crippen LogP contribution in [0, 0.1) is 5.92 Å². The Bertz CT molecular complexity index is 900. The van der Waals surface area contributed by atoms with Crippen LogP contribution < -0.4 is 11.1 Å². The summed E-state index contributed by atoms with van der Waals surface area (Å²) >= 11 is 0. The Kier molecular flexibility index (Phi) is 5.30. The Balaban J connectivity index is 1.62. The van der Waals surface area contributed by atoms with Gasteiger partial charge in [-0.05, 0) is 42.9 Å². The van der Waals surface area contributed by atoms with Gasteiger partial charge in [0.2, 0.25) is 5.91 Å². The number of fused-ring (bicyclic) bond motifs is 1. The highest BCUT2D eigenvalue weighted by molar-refractivity contribution is 6.01. The maximum absolute atomic E-state index is 12.5. The van der Waals surface area contributed by atoms with E-state index in [0.29, 0.717) is 30.2 Å². The molecule has 154 valence electrons. The van der Waals surface area contributed by atoms with E-state index in [2.05, 4.69) is 10.3 Å². The highest BCUT2D eigenvalue weighted by atomic mass is 16.2. The third-order valence-corrected chi connectivity index (χ3v) is 6.04. The number of likely N-dealkylation sites (N-methyl/N-ethyl adjacent to an activating group) is 1. The molecular weight excluding hydrogens is 366 g/mol. The molecule has 0 unspecified atom stereocenters. The molecule has 1 fully saturated rings. The number of hydrogen-bond acceptors (Lipinski definition) is 4. The molecule has 2 aliphatic heterocycles. The van der Waals surface area contributed by atoms with Gasteiger partial charge in [0.05, 0.1) is 12.2 Å². The van der Waals surface area contributed by atoms with E-state index in [4.69, 9.17) is 5.73 Å². The summed E-state index contributed by atoms with van der Waals surface area (Å²) in [6, 6.07) is 5.70. The molecule has 0 saturated heterocycles. The Labute approximate surface area is 171 Å². The molecule has 29 heavy (non-hydrogen) atoms. The molecule has 0 aromatic heterocycles. The van der Waals surface area contributed by atoms with Gasteiger partial charge >= 0.3 is 0 Å². The average Bonchev–Trinajstić information content (AvgIpc) is 3.54. The smallest absolute Gasteiger partial charge is 0.253 e. The fraction of sp³-hybridized carbons (Fsp3) is 0.500. The van der Waals surface area contributed by atoms with E-state index in [0.717, 1.165) is 48.7 Å². The third-order valence-electron chi connectivity index (χ3n) is 6.04. The maximum Gasteiger partial charge on any atom is 0.253 e. The first-order valence-electron chi connectivity index (χ1n) is 10.4. The number of aliphatic imine (C=N–C) groups is 1. The zero-order chi connectivity index (χ0) is 20.5. The van der Waals surface area contributed by atoms with E-state index in [1.165, 1.54) is 12.8 Å². The molecule has 1 aliphatic carbocycles. The molecule has 1 aromatic carbocycles. The molecule has 0 spiro atoms. The molecular formula is C22H29N5O2. The van der Waals surface area contributed by atoms with Crippen LogP contribution in [0.25, 0.3) is 0 Å². The summed E-state index contributed by atoms with van der Waals surface area (Å²) in [5, 5.41) is 3.54. The van der Waals surface area contributed by atoms with Crippen LogP contribution in [0.3, 0.4) is 0 Å². The van der Waals surface area contributed by atoms with Crippen molar-refractivity contribution in [2.24, 2.45) is 16.6 Å². The van der Waals surface area contributed by atoms with Gasteiger partial charge in [0, 0.05) is 56.9 Å². The molecule has 0 radical (unpaired) electrons. The lowest BCUT2D eigenvalue weighted by Crippen LogP contribution is -2.41. The molecule has 0 atom stereocenters. The fourth-order valence-corrected chi connectivity index (χ4v) is 3.90. The lowest BCUT2D eigenvalue weighted by atomic mass is 9.98. The van der Waals surface area contributed by atoms with Crippen molar-refractivity contribution in [3.63, 3.8) is 0 Å². The highest BCUT2D eigenvalue weighted by Gasteiger charge is 2.26. The predicted octanol–water partition coefficient (Wildman–Crippen LogP) is 1.81. The Morgan fingerprint density at radius 1 is 1.28 bits per heavy atom. The lowest BCUT2D eigenvalue weighted by Gasteiger charge is -2.30. The number of benzene rings is 1. The van der Waals surface area contributed by atoms with Crippen molar-refractivity contribution in [3.05, 3.63) is 40.6 Å². The van der Waals surface area contributed by atoms with Crippen molar-refractivity contribution in [3.8, 4) is 0 Å². The number of amidine groups is 1. The van der Waals surface area contributed by atoms with Gasteiger partial charge in [0.15, 0.2) is 0 Å². The number of amides is 2. The van der Waals surface area contributed by atoms with Crippen LogP contribution in [0.5, 0.6) is 0 Å². The molecule has 2 heterocycles. The lowest BCUT2D eigenvalue weighted by molar-refractivity contribution is -0.128. The van der Waals surface area contributed by atoms with Crippen LogP contribution in [-0.4, -0.2) is 60.7 Å². The second kappa shape index (κ2) is 7.89. The normalized spacial score (nSPS) is 20.1. The van der Waals surface area contributed by atoms with Gasteiger partial charge in [0.1, 0.15) is 5.84 Å². The van der Waals surface area contributed by atoms with Crippen LogP contribution >= 0.6 is 0 Å². The van der Waals surface area contributed by atoms with Crippen molar-refractivity contribution in [2.75, 3.05) is 33.2 Å². The van der Waals surface area contributed by atoms with Gasteiger partial charge in [-0.15, -0.1) is 0 Å². The number of nitrogens with two attached hydrogens (primary N) is 1. The van der Waals surface area contributed by atoms with Crippen molar-refractivity contribution < 1.29 is 9.59 Å². The molecule has 1 saturated carbocycles. The summed E-state index contributed by atoms with van der Waals surface area (Å²) in [5.74, 6) is 1.22. The third kappa shape index (κ3) is 4.28. The minimum atomic E-state index is 0.0216. The van der Waals surface area contributed by atoms with Crippen molar-refractivity contribution in [1.29, 1.82) is 0 Å². The standard InChI is InChI=1S/C22H29N5O2/c1-14(28)27-10-8-20(24-12-15-3-4-15)19(13-27)21(23)25-17-6-5-16-7-9-26(2)22(29)18(16)11-17/h5-6,11,15,24H,3-4,7-10,12-13H2,1-2H3,(H2,23,25). The van der Waals surface area contributed by atoms with Crippen LogP contribution in [0.4, 0.5) is 5.69 Å². The van der Waals surface area contributed by atoms with E-state index in [1.54, 1.807) is 16.7 Å². The number of hydrogen-bond donors (Lipinski definition) is 2. The molecule has 3 N–H and O–H groups in total. The van der Waals surface area contributed by atoms with Gasteiger partial charge in [-0.2, -0.15) is 0 Å². The molecule has 4 rings (SSSR count). The van der Waals surface area contributed by atoms with E-state index >= 15 is 0 Å². The average molecular weight is 396 g/mol. The molecule has 0 bridgehead atoms. The maximum atomic E-state index is 12.5. The van der Waals surface area contributed by atoms with E-state index < -0.39 is 0 Å². The first-order valence-corrected chi connectivity index (χ1v) is 10.4. The number of rotatable bonds is 5. The summed E-state index contributed by atoms with van der Waals surface area (Å²) in [7, 11) is 1.82. The minimum absolute atomic E-state index is 0.0216. The van der Waals surface area contributed by atoms with Gasteiger partial charge in [-0.25, -0.2) is 4.99 Å². The number of carbonyl (C=O) groups excluding carboxylic acids is 2. The molecule has 2 amide bonds. The first-order chi connectivity index (χ1) is 13.9. The Morgan fingerprint density at radius 2 is 2.07 bits per heavy atom. The van der Waals surface area contributed by atoms with Crippen LogP contribution in [0.15, 0.2) is 34.5 Å². The van der Waals surface area contributed by atoms with E-state index in [-0.39, 0.29) is 11.8 Å². The van der Waals surface area contributed by atoms with Crippen LogP contribution in [0.2, 0.25) is 0 Å². The molecule has 7 heteroatoms. The topological polar surface area (TPSA) is 91.0 Å². The largest absolute Gasteiger partial charge is 0.388 e. The second-order valence-electron chi connectivity index (χ2n) is 8.29. The number of carbonyl (C=O) groups is 2. The van der Waals surface area contributed by atoms with Gasteiger partial charge in [0.25, 0.3) is 5.91 Å². The summed E-state index contributed by atoms with van der Waals surface area (Å²) < 4.78 is 0. The van der Waals surface area contributed by atoms with E-state index in [1.807, 2.05) is 25.2 Å². The van der Waals surface area contributed by atoms with Crippen LogP contribution in [0.1, 0.15) is 42.1 Å².